The van der Waals surface area contributed by atoms with Crippen LogP contribution in [0.1, 0.15) is 12.5 Å². The van der Waals surface area contributed by atoms with E-state index in [1.165, 1.54) is 43.1 Å². The van der Waals surface area contributed by atoms with Gasteiger partial charge in [-0.3, -0.25) is 14.5 Å². The van der Waals surface area contributed by atoms with Crippen molar-refractivity contribution in [2.75, 3.05) is 32.7 Å². The summed E-state index contributed by atoms with van der Waals surface area (Å²) in [5, 5.41) is 3.23. The largest absolute Gasteiger partial charge is 0.497 e. The number of amidine groups is 1. The van der Waals surface area contributed by atoms with Crippen molar-refractivity contribution < 1.29 is 28.2 Å². The molecule has 0 aromatic heterocycles. The molecular weight excluding hydrogens is 509 g/mol. The molecule has 2 amide bonds. The van der Waals surface area contributed by atoms with E-state index in [1.807, 2.05) is 31.2 Å². The molecule has 0 radical (unpaired) electrons. The molecule has 3 aromatic carbocycles. The molecule has 196 valence electrons. The number of likely N-dealkylation sites (N-methyl/N-ethyl adjacent to an activating group) is 1. The van der Waals surface area contributed by atoms with Crippen LogP contribution in [0.5, 0.6) is 17.2 Å². The summed E-state index contributed by atoms with van der Waals surface area (Å²) in [5.74, 6) is 0.574. The van der Waals surface area contributed by atoms with E-state index in [1.54, 1.807) is 36.3 Å². The average molecular weight is 536 g/mol. The number of anilines is 1. The highest BCUT2D eigenvalue weighted by Gasteiger charge is 2.32. The molecule has 1 aliphatic rings. The Morgan fingerprint density at radius 3 is 2.42 bits per heavy atom. The highest BCUT2D eigenvalue weighted by atomic mass is 32.2. The van der Waals surface area contributed by atoms with Crippen LogP contribution in [0.15, 0.2) is 76.6 Å². The normalized spacial score (nSPS) is 15.2. The molecule has 8 nitrogen and oxygen atoms in total. The molecule has 1 N–H and O–H groups in total. The molecule has 3 aromatic rings. The Bertz CT molecular complexity index is 1370. The molecule has 38 heavy (non-hydrogen) atoms. The number of thioether (sulfide) groups is 1. The molecule has 1 heterocycles. The zero-order valence-corrected chi connectivity index (χ0v) is 21.9. The van der Waals surface area contributed by atoms with Crippen LogP contribution >= 0.6 is 11.8 Å². The van der Waals surface area contributed by atoms with Crippen molar-refractivity contribution >= 4 is 46.2 Å². The third kappa shape index (κ3) is 6.51. The van der Waals surface area contributed by atoms with Crippen molar-refractivity contribution in [3.8, 4) is 17.2 Å². The van der Waals surface area contributed by atoms with E-state index in [9.17, 15) is 14.0 Å². The quantitative estimate of drug-likeness (QED) is 0.365. The number of hydrogen-bond acceptors (Lipinski definition) is 7. The number of rotatable bonds is 9. The number of ether oxygens (including phenoxy) is 3. The maximum Gasteiger partial charge on any atom is 0.266 e. The lowest BCUT2D eigenvalue weighted by molar-refractivity contribution is -0.122. The van der Waals surface area contributed by atoms with Crippen molar-refractivity contribution in [2.24, 2.45) is 4.99 Å². The predicted octanol–water partition coefficient (Wildman–Crippen LogP) is 5.48. The monoisotopic (exact) mass is 535 g/mol. The molecule has 0 saturated carbocycles. The van der Waals surface area contributed by atoms with Gasteiger partial charge in [0.2, 0.25) is 0 Å². The summed E-state index contributed by atoms with van der Waals surface area (Å²) in [6.07, 6.45) is 1.76. The van der Waals surface area contributed by atoms with Gasteiger partial charge in [-0.1, -0.05) is 6.07 Å². The second kappa shape index (κ2) is 12.3. The number of carbonyl (C=O) groups excluding carboxylic acids is 2. The minimum absolute atomic E-state index is 0.137. The number of carbonyl (C=O) groups is 2. The van der Waals surface area contributed by atoms with Gasteiger partial charge >= 0.3 is 0 Å². The molecule has 0 aliphatic carbocycles. The Balaban J connectivity index is 1.46. The summed E-state index contributed by atoms with van der Waals surface area (Å²) >= 11 is 1.29. The van der Waals surface area contributed by atoms with Gasteiger partial charge in [0.1, 0.15) is 11.6 Å². The Morgan fingerprint density at radius 1 is 1.03 bits per heavy atom. The third-order valence-electron chi connectivity index (χ3n) is 5.47. The molecular formula is C28H26FN3O5S. The van der Waals surface area contributed by atoms with Crippen LogP contribution in [-0.2, 0) is 9.59 Å². The van der Waals surface area contributed by atoms with Crippen LogP contribution in [0, 0.1) is 5.82 Å². The zero-order valence-electron chi connectivity index (χ0n) is 21.1. The second-order valence-corrected chi connectivity index (χ2v) is 9.02. The predicted molar refractivity (Wildman–Crippen MR) is 147 cm³/mol. The van der Waals surface area contributed by atoms with E-state index < -0.39 is 5.91 Å². The SMILES string of the molecule is CCN1C(=O)/C(=C\c2ccc(OCC(=O)Nc3ccc(F)cc3)c(OC)c2)SC1=Nc1ccc(OC)cc1. The summed E-state index contributed by atoms with van der Waals surface area (Å²) in [5.41, 5.74) is 1.90. The van der Waals surface area contributed by atoms with E-state index in [-0.39, 0.29) is 18.3 Å². The highest BCUT2D eigenvalue weighted by molar-refractivity contribution is 8.18. The number of aliphatic imine (C=N–C) groups is 1. The summed E-state index contributed by atoms with van der Waals surface area (Å²) < 4.78 is 29.3. The number of nitrogens with zero attached hydrogens (tertiary/aromatic N) is 2. The van der Waals surface area contributed by atoms with E-state index in [0.29, 0.717) is 39.5 Å². The Morgan fingerprint density at radius 2 is 1.76 bits per heavy atom. The zero-order chi connectivity index (χ0) is 27.1. The topological polar surface area (TPSA) is 89.5 Å². The summed E-state index contributed by atoms with van der Waals surface area (Å²) in [6.45, 7) is 2.11. The van der Waals surface area contributed by atoms with Gasteiger partial charge < -0.3 is 19.5 Å². The highest BCUT2D eigenvalue weighted by Crippen LogP contribution is 2.36. The lowest BCUT2D eigenvalue weighted by Gasteiger charge is -2.12. The number of benzene rings is 3. The molecule has 0 spiro atoms. The van der Waals surface area contributed by atoms with Crippen molar-refractivity contribution in [1.82, 2.24) is 4.90 Å². The van der Waals surface area contributed by atoms with Crippen LogP contribution in [-0.4, -0.2) is 49.3 Å². The van der Waals surface area contributed by atoms with Crippen LogP contribution in [0.2, 0.25) is 0 Å². The van der Waals surface area contributed by atoms with Gasteiger partial charge in [-0.25, -0.2) is 9.38 Å². The van der Waals surface area contributed by atoms with E-state index in [0.717, 1.165) is 11.3 Å². The second-order valence-electron chi connectivity index (χ2n) is 8.01. The standard InChI is InChI=1S/C28H26FN3O5S/c1-4-32-27(34)25(38-28(32)31-21-10-12-22(35-2)13-11-21)16-18-5-14-23(24(15-18)36-3)37-17-26(33)30-20-8-6-19(29)7-9-20/h5-16H,4,17H2,1-3H3,(H,30,33)/b25-16+,31-28?. The van der Waals surface area contributed by atoms with Crippen LogP contribution in [0.25, 0.3) is 6.08 Å². The van der Waals surface area contributed by atoms with Gasteiger partial charge in [0.05, 0.1) is 24.8 Å². The first-order valence-electron chi connectivity index (χ1n) is 11.7. The molecule has 1 fully saturated rings. The van der Waals surface area contributed by atoms with Crippen molar-refractivity contribution in [1.29, 1.82) is 0 Å². The van der Waals surface area contributed by atoms with Crippen molar-refractivity contribution in [2.45, 2.75) is 6.92 Å². The Kier molecular flexibility index (Phi) is 8.65. The number of methoxy groups -OCH3 is 2. The maximum atomic E-state index is 13.0. The van der Waals surface area contributed by atoms with Gasteiger partial charge in [0.25, 0.3) is 11.8 Å². The lowest BCUT2D eigenvalue weighted by atomic mass is 10.2. The Hall–Kier alpha value is -4.31. The first kappa shape index (κ1) is 26.7. The summed E-state index contributed by atoms with van der Waals surface area (Å²) in [6, 6.07) is 17.9. The molecule has 10 heteroatoms. The van der Waals surface area contributed by atoms with Gasteiger partial charge in [0, 0.05) is 12.2 Å². The molecule has 4 rings (SSSR count). The van der Waals surface area contributed by atoms with Gasteiger partial charge in [-0.15, -0.1) is 0 Å². The molecule has 0 unspecified atom stereocenters. The van der Waals surface area contributed by atoms with Crippen molar-refractivity contribution in [3.05, 3.63) is 83.0 Å². The fourth-order valence-corrected chi connectivity index (χ4v) is 4.62. The van der Waals surface area contributed by atoms with E-state index in [4.69, 9.17) is 14.2 Å². The van der Waals surface area contributed by atoms with Gasteiger partial charge in [-0.2, -0.15) is 0 Å². The maximum absolute atomic E-state index is 13.0. The number of amides is 2. The molecule has 1 saturated heterocycles. The van der Waals surface area contributed by atoms with Crippen LogP contribution in [0.4, 0.5) is 15.8 Å². The summed E-state index contributed by atoms with van der Waals surface area (Å²) in [7, 11) is 3.09. The molecule has 0 atom stereocenters. The van der Waals surface area contributed by atoms with E-state index >= 15 is 0 Å². The first-order valence-corrected chi connectivity index (χ1v) is 12.5. The lowest BCUT2D eigenvalue weighted by Crippen LogP contribution is -2.28. The number of halogens is 1. The fraction of sp³-hybridized carbons (Fsp3) is 0.179. The van der Waals surface area contributed by atoms with Gasteiger partial charge in [0.15, 0.2) is 23.3 Å². The smallest absolute Gasteiger partial charge is 0.266 e. The Labute approximate surface area is 224 Å². The van der Waals surface area contributed by atoms with Gasteiger partial charge in [-0.05, 0) is 91.0 Å². The fourth-order valence-electron chi connectivity index (χ4n) is 3.56. The number of hydrogen-bond donors (Lipinski definition) is 1. The molecule has 1 aliphatic heterocycles. The molecule has 0 bridgehead atoms. The average Bonchev–Trinajstić information content (AvgIpc) is 3.22. The number of nitrogens with one attached hydrogen (secondary N) is 1. The third-order valence-corrected chi connectivity index (χ3v) is 6.48. The summed E-state index contributed by atoms with van der Waals surface area (Å²) in [4.78, 5) is 32.0. The van der Waals surface area contributed by atoms with Crippen molar-refractivity contribution in [3.63, 3.8) is 0 Å². The van der Waals surface area contributed by atoms with Crippen LogP contribution < -0.4 is 19.5 Å². The van der Waals surface area contributed by atoms with Crippen LogP contribution in [0.3, 0.4) is 0 Å². The minimum atomic E-state index is -0.402. The minimum Gasteiger partial charge on any atom is -0.497 e. The van der Waals surface area contributed by atoms with E-state index in [2.05, 4.69) is 10.3 Å². The first-order chi connectivity index (χ1) is 18.4.